The highest BCUT2D eigenvalue weighted by molar-refractivity contribution is 6.30. The van der Waals surface area contributed by atoms with E-state index >= 15 is 0 Å². The molecule has 7 heteroatoms. The molecule has 4 nitrogen and oxygen atoms in total. The molecule has 0 fully saturated rings. The van der Waals surface area contributed by atoms with Crippen LogP contribution >= 0.6 is 11.6 Å². The normalized spacial score (nSPS) is 12.0. The molecule has 1 rings (SSSR count). The van der Waals surface area contributed by atoms with E-state index in [1.54, 1.807) is 0 Å². The molecule has 0 radical (unpaired) electrons. The Balaban J connectivity index is 2.97. The summed E-state index contributed by atoms with van der Waals surface area (Å²) in [7, 11) is 0. The van der Waals surface area contributed by atoms with Gasteiger partial charge in [0.05, 0.1) is 10.6 Å². The molecule has 1 aromatic carbocycles. The molecule has 0 heterocycles. The van der Waals surface area contributed by atoms with E-state index in [0.717, 1.165) is 0 Å². The fraction of sp³-hybridized carbons (Fsp3) is 0.273. The first-order chi connectivity index (χ1) is 8.36. The molecule has 0 aromatic heterocycles. The lowest BCUT2D eigenvalue weighted by atomic mass is 10.1. The average Bonchev–Trinajstić information content (AvgIpc) is 2.29. The SMILES string of the molecule is CC[C@H](NC(=O)c1cc(F)c(Cl)cc1F)C(=O)O. The van der Waals surface area contributed by atoms with Crippen molar-refractivity contribution in [3.8, 4) is 0 Å². The van der Waals surface area contributed by atoms with Gasteiger partial charge in [0.2, 0.25) is 0 Å². The van der Waals surface area contributed by atoms with E-state index in [1.807, 2.05) is 0 Å². The van der Waals surface area contributed by atoms with Crippen LogP contribution in [0.4, 0.5) is 8.78 Å². The Hall–Kier alpha value is -1.69. The maximum atomic E-state index is 13.4. The zero-order valence-corrected chi connectivity index (χ0v) is 10.1. The number of rotatable bonds is 4. The predicted molar refractivity (Wildman–Crippen MR) is 60.5 cm³/mol. The zero-order valence-electron chi connectivity index (χ0n) is 9.34. The van der Waals surface area contributed by atoms with Gasteiger partial charge in [-0.3, -0.25) is 4.79 Å². The lowest BCUT2D eigenvalue weighted by Crippen LogP contribution is -2.40. The first-order valence-electron chi connectivity index (χ1n) is 5.05. The maximum Gasteiger partial charge on any atom is 0.326 e. The van der Waals surface area contributed by atoms with Crippen molar-refractivity contribution in [3.05, 3.63) is 34.4 Å². The van der Waals surface area contributed by atoms with Crippen molar-refractivity contribution in [2.24, 2.45) is 0 Å². The Morgan fingerprint density at radius 3 is 2.50 bits per heavy atom. The molecule has 0 saturated carbocycles. The summed E-state index contributed by atoms with van der Waals surface area (Å²) < 4.78 is 26.5. The summed E-state index contributed by atoms with van der Waals surface area (Å²) in [6.07, 6.45) is 0.124. The van der Waals surface area contributed by atoms with Crippen molar-refractivity contribution in [1.29, 1.82) is 0 Å². The topological polar surface area (TPSA) is 66.4 Å². The monoisotopic (exact) mass is 277 g/mol. The average molecular weight is 278 g/mol. The van der Waals surface area contributed by atoms with Gasteiger partial charge in [0, 0.05) is 0 Å². The molecular formula is C11H10ClF2NO3. The number of carbonyl (C=O) groups excluding carboxylic acids is 1. The maximum absolute atomic E-state index is 13.4. The number of carboxylic acid groups (broad SMARTS) is 1. The second-order valence-electron chi connectivity index (χ2n) is 3.52. The Labute approximate surface area is 107 Å². The van der Waals surface area contributed by atoms with Crippen LogP contribution in [0.2, 0.25) is 5.02 Å². The highest BCUT2D eigenvalue weighted by Gasteiger charge is 2.21. The molecular weight excluding hydrogens is 268 g/mol. The third-order valence-electron chi connectivity index (χ3n) is 2.27. The van der Waals surface area contributed by atoms with Gasteiger partial charge in [-0.1, -0.05) is 18.5 Å². The van der Waals surface area contributed by atoms with Crippen LogP contribution in [0, 0.1) is 11.6 Å². The van der Waals surface area contributed by atoms with Gasteiger partial charge in [-0.05, 0) is 18.6 Å². The van der Waals surface area contributed by atoms with E-state index in [0.29, 0.717) is 12.1 Å². The van der Waals surface area contributed by atoms with Crippen molar-refractivity contribution in [1.82, 2.24) is 5.32 Å². The molecule has 0 unspecified atom stereocenters. The number of benzene rings is 1. The predicted octanol–water partition coefficient (Wildman–Crippen LogP) is 2.21. The molecule has 1 amide bonds. The number of amides is 1. The van der Waals surface area contributed by atoms with Gasteiger partial charge < -0.3 is 10.4 Å². The molecule has 0 aliphatic carbocycles. The summed E-state index contributed by atoms with van der Waals surface area (Å²) in [6.45, 7) is 1.54. The smallest absolute Gasteiger partial charge is 0.326 e. The minimum atomic E-state index is -1.25. The zero-order chi connectivity index (χ0) is 13.9. The standard InChI is InChI=1S/C11H10ClF2NO3/c1-2-9(11(17)18)15-10(16)5-3-8(14)6(12)4-7(5)13/h3-4,9H,2H2,1H3,(H,15,16)(H,17,18)/t9-/m0/s1. The van der Waals surface area contributed by atoms with Crippen molar-refractivity contribution in [2.75, 3.05) is 0 Å². The van der Waals surface area contributed by atoms with Crippen molar-refractivity contribution < 1.29 is 23.5 Å². The number of hydrogen-bond acceptors (Lipinski definition) is 2. The van der Waals surface area contributed by atoms with Gasteiger partial charge in [0.25, 0.3) is 5.91 Å². The van der Waals surface area contributed by atoms with Gasteiger partial charge in [-0.2, -0.15) is 0 Å². The minimum absolute atomic E-state index is 0.124. The molecule has 18 heavy (non-hydrogen) atoms. The van der Waals surface area contributed by atoms with Crippen LogP contribution in [-0.4, -0.2) is 23.0 Å². The Morgan fingerprint density at radius 2 is 2.00 bits per heavy atom. The van der Waals surface area contributed by atoms with E-state index in [2.05, 4.69) is 5.32 Å². The minimum Gasteiger partial charge on any atom is -0.480 e. The fourth-order valence-corrected chi connectivity index (χ4v) is 1.42. The second kappa shape index (κ2) is 5.77. The summed E-state index contributed by atoms with van der Waals surface area (Å²) >= 11 is 5.33. The lowest BCUT2D eigenvalue weighted by Gasteiger charge is -2.12. The van der Waals surface area contributed by atoms with Crippen LogP contribution in [0.5, 0.6) is 0 Å². The second-order valence-corrected chi connectivity index (χ2v) is 3.93. The fourth-order valence-electron chi connectivity index (χ4n) is 1.27. The van der Waals surface area contributed by atoms with Crippen LogP contribution in [0.3, 0.4) is 0 Å². The van der Waals surface area contributed by atoms with Gasteiger partial charge in [-0.15, -0.1) is 0 Å². The third-order valence-corrected chi connectivity index (χ3v) is 2.56. The molecule has 0 aliphatic heterocycles. The van der Waals surface area contributed by atoms with Gasteiger partial charge in [0.15, 0.2) is 0 Å². The van der Waals surface area contributed by atoms with Crippen molar-refractivity contribution in [2.45, 2.75) is 19.4 Å². The molecule has 0 saturated heterocycles. The molecule has 0 aliphatic rings. The summed E-state index contributed by atoms with van der Waals surface area (Å²) in [5.74, 6) is -4.22. The van der Waals surface area contributed by atoms with E-state index < -0.39 is 40.1 Å². The van der Waals surface area contributed by atoms with E-state index in [-0.39, 0.29) is 6.42 Å². The molecule has 0 bridgehead atoms. The number of nitrogens with one attached hydrogen (secondary N) is 1. The third kappa shape index (κ3) is 3.16. The van der Waals surface area contributed by atoms with Crippen molar-refractivity contribution in [3.63, 3.8) is 0 Å². The van der Waals surface area contributed by atoms with E-state index in [1.165, 1.54) is 6.92 Å². The Kier molecular flexibility index (Phi) is 4.61. The summed E-state index contributed by atoms with van der Waals surface area (Å²) in [4.78, 5) is 22.3. The number of halogens is 3. The molecule has 1 aromatic rings. The quantitative estimate of drug-likeness (QED) is 0.829. The Morgan fingerprint density at radius 1 is 1.39 bits per heavy atom. The highest BCUT2D eigenvalue weighted by atomic mass is 35.5. The molecule has 0 spiro atoms. The Bertz CT molecular complexity index is 493. The van der Waals surface area contributed by atoms with Crippen LogP contribution in [0.1, 0.15) is 23.7 Å². The van der Waals surface area contributed by atoms with E-state index in [9.17, 15) is 18.4 Å². The number of aliphatic carboxylic acids is 1. The number of hydrogen-bond donors (Lipinski definition) is 2. The van der Waals surface area contributed by atoms with Gasteiger partial charge in [-0.25, -0.2) is 13.6 Å². The van der Waals surface area contributed by atoms with Crippen LogP contribution in [0.25, 0.3) is 0 Å². The molecule has 98 valence electrons. The summed E-state index contributed by atoms with van der Waals surface area (Å²) in [5, 5.41) is 10.4. The van der Waals surface area contributed by atoms with Crippen LogP contribution < -0.4 is 5.32 Å². The van der Waals surface area contributed by atoms with Crippen molar-refractivity contribution >= 4 is 23.5 Å². The first kappa shape index (κ1) is 14.4. The molecule has 2 N–H and O–H groups in total. The van der Waals surface area contributed by atoms with Crippen LogP contribution in [-0.2, 0) is 4.79 Å². The van der Waals surface area contributed by atoms with Gasteiger partial charge in [0.1, 0.15) is 17.7 Å². The highest BCUT2D eigenvalue weighted by Crippen LogP contribution is 2.19. The van der Waals surface area contributed by atoms with Crippen LogP contribution in [0.15, 0.2) is 12.1 Å². The lowest BCUT2D eigenvalue weighted by molar-refractivity contribution is -0.139. The first-order valence-corrected chi connectivity index (χ1v) is 5.42. The summed E-state index contributed by atoms with van der Waals surface area (Å²) in [6, 6.07) is 0.130. The largest absolute Gasteiger partial charge is 0.480 e. The van der Waals surface area contributed by atoms with E-state index in [4.69, 9.17) is 16.7 Å². The number of carboxylic acids is 1. The van der Waals surface area contributed by atoms with Gasteiger partial charge >= 0.3 is 5.97 Å². The molecule has 1 atom stereocenters. The summed E-state index contributed by atoms with van der Waals surface area (Å²) in [5.41, 5.74) is -0.586. The number of carbonyl (C=O) groups is 2.